The second kappa shape index (κ2) is 5.21. The van der Waals surface area contributed by atoms with Crippen LogP contribution < -0.4 is 0 Å². The predicted molar refractivity (Wildman–Crippen MR) is 40.6 cm³/mol. The fourth-order valence-corrected chi connectivity index (χ4v) is 0.527. The van der Waals surface area contributed by atoms with Gasteiger partial charge in [0.15, 0.2) is 0 Å². The Morgan fingerprint density at radius 1 is 1.50 bits per heavy atom. The summed E-state index contributed by atoms with van der Waals surface area (Å²) in [5.41, 5.74) is 8.07. The van der Waals surface area contributed by atoms with Gasteiger partial charge in [0.1, 0.15) is 6.42 Å². The van der Waals surface area contributed by atoms with Crippen LogP contribution in [0.3, 0.4) is 0 Å². The number of ketones is 1. The lowest BCUT2D eigenvalue weighted by Gasteiger charge is -1.96. The molecule has 0 aromatic carbocycles. The number of nitrogens with zero attached hydrogens (tertiary/aromatic N) is 2. The molecule has 0 spiro atoms. The van der Waals surface area contributed by atoms with Gasteiger partial charge in [-0.25, -0.2) is 0 Å². The van der Waals surface area contributed by atoms with E-state index in [2.05, 4.69) is 9.53 Å². The van der Waals surface area contributed by atoms with E-state index in [4.69, 9.17) is 5.53 Å². The molecule has 0 rings (SSSR count). The molecule has 0 N–H and O–H groups in total. The Labute approximate surface area is 69.9 Å². The monoisotopic (exact) mass is 170 g/mol. The summed E-state index contributed by atoms with van der Waals surface area (Å²) in [6, 6.07) is 0. The molecular formula is C7H10N2O3. The van der Waals surface area contributed by atoms with Crippen molar-refractivity contribution in [2.24, 2.45) is 0 Å². The van der Waals surface area contributed by atoms with Crippen LogP contribution in [-0.4, -0.2) is 28.9 Å². The number of carbonyl (C=O) groups excluding carboxylic acids is 2. The SMILES string of the molecule is CCOC(=O)CC(=O)C(C)=[N+]=[N-]. The van der Waals surface area contributed by atoms with Crippen LogP contribution >= 0.6 is 0 Å². The summed E-state index contributed by atoms with van der Waals surface area (Å²) in [6.07, 6.45) is -0.371. The molecule has 0 aromatic rings. The molecule has 0 aliphatic carbocycles. The molecular weight excluding hydrogens is 160 g/mol. The zero-order chi connectivity index (χ0) is 9.56. The summed E-state index contributed by atoms with van der Waals surface area (Å²) in [7, 11) is 0. The van der Waals surface area contributed by atoms with Gasteiger partial charge in [-0.05, 0) is 6.92 Å². The second-order valence-electron chi connectivity index (χ2n) is 2.09. The normalized spacial score (nSPS) is 8.50. The van der Waals surface area contributed by atoms with Gasteiger partial charge in [-0.15, -0.1) is 0 Å². The van der Waals surface area contributed by atoms with E-state index in [9.17, 15) is 9.59 Å². The van der Waals surface area contributed by atoms with E-state index in [1.54, 1.807) is 6.92 Å². The van der Waals surface area contributed by atoms with Crippen LogP contribution in [0.5, 0.6) is 0 Å². The maximum Gasteiger partial charge on any atom is 0.331 e. The van der Waals surface area contributed by atoms with Crippen LogP contribution in [0.2, 0.25) is 0 Å². The number of carbonyl (C=O) groups is 2. The number of rotatable bonds is 4. The van der Waals surface area contributed by atoms with Gasteiger partial charge in [-0.2, -0.15) is 4.79 Å². The van der Waals surface area contributed by atoms with E-state index in [1.165, 1.54) is 6.92 Å². The van der Waals surface area contributed by atoms with Crippen molar-refractivity contribution < 1.29 is 19.1 Å². The van der Waals surface area contributed by atoms with Crippen molar-refractivity contribution in [1.82, 2.24) is 0 Å². The van der Waals surface area contributed by atoms with Crippen LogP contribution in [0.25, 0.3) is 5.53 Å². The van der Waals surface area contributed by atoms with Gasteiger partial charge < -0.3 is 10.3 Å². The lowest BCUT2D eigenvalue weighted by atomic mass is 10.2. The van der Waals surface area contributed by atoms with Crippen molar-refractivity contribution in [2.45, 2.75) is 20.3 Å². The molecule has 0 saturated heterocycles. The van der Waals surface area contributed by atoms with E-state index in [0.717, 1.165) is 0 Å². The Bertz CT molecular complexity index is 241. The molecule has 0 aromatic heterocycles. The van der Waals surface area contributed by atoms with Crippen LogP contribution in [0.15, 0.2) is 0 Å². The highest BCUT2D eigenvalue weighted by atomic mass is 16.5. The lowest BCUT2D eigenvalue weighted by molar-refractivity contribution is -0.145. The molecule has 66 valence electrons. The van der Waals surface area contributed by atoms with Crippen molar-refractivity contribution in [2.75, 3.05) is 6.61 Å². The average molecular weight is 170 g/mol. The van der Waals surface area contributed by atoms with Crippen molar-refractivity contribution in [3.05, 3.63) is 5.53 Å². The lowest BCUT2D eigenvalue weighted by Crippen LogP contribution is -2.17. The van der Waals surface area contributed by atoms with Gasteiger partial charge in [-0.1, -0.05) is 0 Å². The van der Waals surface area contributed by atoms with Crippen LogP contribution in [0, 0.1) is 0 Å². The topological polar surface area (TPSA) is 79.8 Å². The second-order valence-corrected chi connectivity index (χ2v) is 2.09. The van der Waals surface area contributed by atoms with E-state index >= 15 is 0 Å². The molecule has 5 heteroatoms. The molecule has 0 amide bonds. The Hall–Kier alpha value is -1.48. The molecule has 0 heterocycles. The maximum absolute atomic E-state index is 10.9. The molecule has 5 nitrogen and oxygen atoms in total. The van der Waals surface area contributed by atoms with Crippen LogP contribution in [-0.2, 0) is 14.3 Å². The molecule has 0 radical (unpaired) electrons. The van der Waals surface area contributed by atoms with E-state index < -0.39 is 11.8 Å². The number of Topliss-reactive ketones (excluding diaryl/α,β-unsaturated/α-hetero) is 1. The van der Waals surface area contributed by atoms with Gasteiger partial charge in [0.25, 0.3) is 0 Å². The smallest absolute Gasteiger partial charge is 0.331 e. The number of esters is 1. The molecule has 0 saturated carbocycles. The summed E-state index contributed by atoms with van der Waals surface area (Å²) in [6.45, 7) is 3.21. The van der Waals surface area contributed by atoms with Crippen molar-refractivity contribution >= 4 is 17.5 Å². The van der Waals surface area contributed by atoms with Crippen molar-refractivity contribution in [3.8, 4) is 0 Å². The summed E-state index contributed by atoms with van der Waals surface area (Å²) in [5, 5.41) is 0. The molecule has 0 fully saturated rings. The molecule has 12 heavy (non-hydrogen) atoms. The zero-order valence-corrected chi connectivity index (χ0v) is 7.03. The van der Waals surface area contributed by atoms with E-state index in [0.29, 0.717) is 0 Å². The first-order valence-electron chi connectivity index (χ1n) is 3.49. The molecule has 0 atom stereocenters. The minimum absolute atomic E-state index is 0.0944. The molecule has 0 unspecified atom stereocenters. The molecule has 0 aliphatic heterocycles. The van der Waals surface area contributed by atoms with Gasteiger partial charge in [0.2, 0.25) is 5.78 Å². The third-order valence-electron chi connectivity index (χ3n) is 1.16. The third kappa shape index (κ3) is 3.63. The van der Waals surface area contributed by atoms with Crippen molar-refractivity contribution in [1.29, 1.82) is 0 Å². The first-order valence-corrected chi connectivity index (χ1v) is 3.49. The Morgan fingerprint density at radius 2 is 2.08 bits per heavy atom. The quantitative estimate of drug-likeness (QED) is 0.199. The highest BCUT2D eigenvalue weighted by molar-refractivity contribution is 6.39. The highest BCUT2D eigenvalue weighted by Crippen LogP contribution is 1.89. The van der Waals surface area contributed by atoms with E-state index in [-0.39, 0.29) is 18.7 Å². The highest BCUT2D eigenvalue weighted by Gasteiger charge is 2.18. The maximum atomic E-state index is 10.9. The Kier molecular flexibility index (Phi) is 4.57. The first kappa shape index (κ1) is 10.5. The summed E-state index contributed by atoms with van der Waals surface area (Å²) in [4.78, 5) is 24.2. The Morgan fingerprint density at radius 3 is 2.50 bits per heavy atom. The standard InChI is InChI=1S/C7H10N2O3/c1-3-12-7(11)4-6(10)5(2)9-8/h3-4H2,1-2H3. The summed E-state index contributed by atoms with van der Waals surface area (Å²) >= 11 is 0. The summed E-state index contributed by atoms with van der Waals surface area (Å²) < 4.78 is 4.51. The van der Waals surface area contributed by atoms with Gasteiger partial charge >= 0.3 is 11.7 Å². The van der Waals surface area contributed by atoms with Crippen LogP contribution in [0.4, 0.5) is 0 Å². The average Bonchev–Trinajstić information content (AvgIpc) is 2.03. The number of hydrogen-bond donors (Lipinski definition) is 0. The van der Waals surface area contributed by atoms with Gasteiger partial charge in [-0.3, -0.25) is 9.59 Å². The number of hydrogen-bond acceptors (Lipinski definition) is 3. The fraction of sp³-hybridized carbons (Fsp3) is 0.571. The predicted octanol–water partition coefficient (Wildman–Crippen LogP) is 0.199. The molecule has 0 aliphatic rings. The third-order valence-corrected chi connectivity index (χ3v) is 1.16. The van der Waals surface area contributed by atoms with Gasteiger partial charge in [0, 0.05) is 6.92 Å². The van der Waals surface area contributed by atoms with Gasteiger partial charge in [0.05, 0.1) is 6.61 Å². The minimum Gasteiger partial charge on any atom is -0.466 e. The minimum atomic E-state index is -0.606. The summed E-state index contributed by atoms with van der Waals surface area (Å²) in [5.74, 6) is -1.14. The Balaban J connectivity index is 4.02. The first-order chi connectivity index (χ1) is 5.61. The van der Waals surface area contributed by atoms with E-state index in [1.807, 2.05) is 0 Å². The van der Waals surface area contributed by atoms with Crippen LogP contribution in [0.1, 0.15) is 20.3 Å². The number of ether oxygens (including phenoxy) is 1. The largest absolute Gasteiger partial charge is 0.466 e. The zero-order valence-electron chi connectivity index (χ0n) is 7.03. The van der Waals surface area contributed by atoms with Crippen molar-refractivity contribution in [3.63, 3.8) is 0 Å². The fourth-order valence-electron chi connectivity index (χ4n) is 0.527. The molecule has 0 bridgehead atoms.